The van der Waals surface area contributed by atoms with Crippen molar-refractivity contribution < 1.29 is 9.90 Å². The van der Waals surface area contributed by atoms with Gasteiger partial charge in [0, 0.05) is 6.04 Å². The molecular formula is C12H15N3O2. The molecule has 0 saturated carbocycles. The second-order valence-corrected chi connectivity index (χ2v) is 4.22. The maximum absolute atomic E-state index is 11.2. The third-order valence-electron chi connectivity index (χ3n) is 3.02. The van der Waals surface area contributed by atoms with Crippen LogP contribution in [0.2, 0.25) is 0 Å². The molecule has 1 heterocycles. The van der Waals surface area contributed by atoms with Gasteiger partial charge in [-0.25, -0.2) is 4.79 Å². The zero-order valence-corrected chi connectivity index (χ0v) is 9.90. The van der Waals surface area contributed by atoms with Crippen LogP contribution in [-0.2, 0) is 0 Å². The molecule has 5 heteroatoms. The van der Waals surface area contributed by atoms with Crippen LogP contribution in [0, 0.1) is 13.8 Å². The molecule has 17 heavy (non-hydrogen) atoms. The minimum absolute atomic E-state index is 0.226. The van der Waals surface area contributed by atoms with Gasteiger partial charge in [0.2, 0.25) is 0 Å². The molecule has 0 aromatic carbocycles. The number of aromatic nitrogens is 2. The normalized spacial score (nSPS) is 15.2. The number of carboxylic acids is 1. The molecule has 0 bridgehead atoms. The summed E-state index contributed by atoms with van der Waals surface area (Å²) in [6, 6.07) is 0.226. The van der Waals surface area contributed by atoms with Crippen molar-refractivity contribution in [1.29, 1.82) is 0 Å². The average Bonchev–Trinajstić information content (AvgIpc) is 2.76. The van der Waals surface area contributed by atoms with E-state index in [1.54, 1.807) is 13.8 Å². The van der Waals surface area contributed by atoms with Crippen molar-refractivity contribution in [3.8, 4) is 0 Å². The molecule has 0 spiro atoms. The minimum Gasteiger partial charge on any atom is -0.478 e. The largest absolute Gasteiger partial charge is 0.478 e. The van der Waals surface area contributed by atoms with E-state index in [-0.39, 0.29) is 11.6 Å². The maximum Gasteiger partial charge on any atom is 0.339 e. The fraction of sp³-hybridized carbons (Fsp3) is 0.417. The first kappa shape index (κ1) is 11.6. The second-order valence-electron chi connectivity index (χ2n) is 4.22. The highest BCUT2D eigenvalue weighted by Crippen LogP contribution is 2.22. The lowest BCUT2D eigenvalue weighted by molar-refractivity contribution is 0.0696. The molecule has 1 aliphatic rings. The van der Waals surface area contributed by atoms with Crippen LogP contribution >= 0.6 is 0 Å². The molecular weight excluding hydrogens is 218 g/mol. The van der Waals surface area contributed by atoms with Gasteiger partial charge in [0.15, 0.2) is 5.82 Å². The van der Waals surface area contributed by atoms with Gasteiger partial charge in [-0.2, -0.15) is 5.10 Å². The van der Waals surface area contributed by atoms with Crippen LogP contribution in [-0.4, -0.2) is 27.3 Å². The van der Waals surface area contributed by atoms with Crippen molar-refractivity contribution in [3.63, 3.8) is 0 Å². The van der Waals surface area contributed by atoms with Gasteiger partial charge in [-0.15, -0.1) is 5.10 Å². The summed E-state index contributed by atoms with van der Waals surface area (Å²) in [5, 5.41) is 20.3. The van der Waals surface area contributed by atoms with Crippen molar-refractivity contribution in [2.75, 3.05) is 5.32 Å². The van der Waals surface area contributed by atoms with Crippen molar-refractivity contribution in [2.45, 2.75) is 32.7 Å². The zero-order valence-electron chi connectivity index (χ0n) is 9.90. The van der Waals surface area contributed by atoms with Crippen molar-refractivity contribution in [1.82, 2.24) is 10.2 Å². The first-order chi connectivity index (χ1) is 8.09. The van der Waals surface area contributed by atoms with Crippen molar-refractivity contribution in [3.05, 3.63) is 29.0 Å². The van der Waals surface area contributed by atoms with Gasteiger partial charge < -0.3 is 10.4 Å². The molecule has 1 aliphatic carbocycles. The van der Waals surface area contributed by atoms with E-state index in [1.165, 1.54) is 0 Å². The van der Waals surface area contributed by atoms with Crippen molar-refractivity contribution >= 4 is 11.8 Å². The predicted octanol–water partition coefficient (Wildman–Crippen LogP) is 1.92. The third kappa shape index (κ3) is 2.27. The number of rotatable bonds is 3. The number of nitrogens with zero attached hydrogens (tertiary/aromatic N) is 2. The molecule has 2 rings (SSSR count). The number of anilines is 1. The molecule has 2 N–H and O–H groups in total. The Morgan fingerprint density at radius 2 is 2.00 bits per heavy atom. The standard InChI is InChI=1S/C12H15N3O2/c1-7-8(2)14-15-11(10(7)12(16)17)13-9-5-3-4-6-9/h3-4,9H,5-6H2,1-2H3,(H,13,15)(H,16,17). The SMILES string of the molecule is Cc1nnc(NC2CC=CC2)c(C(=O)O)c1C. The summed E-state index contributed by atoms with van der Waals surface area (Å²) in [5.41, 5.74) is 1.54. The Balaban J connectivity index is 2.32. The van der Waals surface area contributed by atoms with Crippen LogP contribution in [0.5, 0.6) is 0 Å². The molecule has 0 fully saturated rings. The Kier molecular flexibility index (Phi) is 3.08. The number of hydrogen-bond donors (Lipinski definition) is 2. The van der Waals surface area contributed by atoms with E-state index in [1.807, 2.05) is 0 Å². The van der Waals surface area contributed by atoms with Gasteiger partial charge in [0.25, 0.3) is 0 Å². The smallest absolute Gasteiger partial charge is 0.339 e. The summed E-state index contributed by atoms with van der Waals surface area (Å²) in [7, 11) is 0. The Hall–Kier alpha value is -1.91. The molecule has 0 atom stereocenters. The van der Waals surface area contributed by atoms with E-state index in [0.717, 1.165) is 12.8 Å². The number of aryl methyl sites for hydroxylation is 1. The van der Waals surface area contributed by atoms with Gasteiger partial charge in [0.1, 0.15) is 5.56 Å². The monoisotopic (exact) mass is 233 g/mol. The topological polar surface area (TPSA) is 75.1 Å². The van der Waals surface area contributed by atoms with Crippen LogP contribution in [0.15, 0.2) is 12.2 Å². The van der Waals surface area contributed by atoms with Crippen LogP contribution in [0.3, 0.4) is 0 Å². The van der Waals surface area contributed by atoms with Crippen LogP contribution < -0.4 is 5.32 Å². The summed E-state index contributed by atoms with van der Waals surface area (Å²) in [6.07, 6.45) is 5.94. The Bertz CT molecular complexity index is 475. The molecule has 0 radical (unpaired) electrons. The summed E-state index contributed by atoms with van der Waals surface area (Å²) in [5.74, 6) is -0.594. The van der Waals surface area contributed by atoms with Gasteiger partial charge >= 0.3 is 5.97 Å². The Morgan fingerprint density at radius 1 is 1.35 bits per heavy atom. The van der Waals surface area contributed by atoms with E-state index >= 15 is 0 Å². The number of hydrogen-bond acceptors (Lipinski definition) is 4. The third-order valence-corrected chi connectivity index (χ3v) is 3.02. The van der Waals surface area contributed by atoms with Gasteiger partial charge in [-0.1, -0.05) is 12.2 Å². The lowest BCUT2D eigenvalue weighted by atomic mass is 10.1. The van der Waals surface area contributed by atoms with Crippen LogP contribution in [0.4, 0.5) is 5.82 Å². The highest BCUT2D eigenvalue weighted by molar-refractivity contribution is 5.94. The number of nitrogens with one attached hydrogen (secondary N) is 1. The summed E-state index contributed by atoms with van der Waals surface area (Å²) < 4.78 is 0. The fourth-order valence-corrected chi connectivity index (χ4v) is 1.90. The molecule has 90 valence electrons. The van der Waals surface area contributed by atoms with Crippen molar-refractivity contribution in [2.24, 2.45) is 0 Å². The molecule has 0 aliphatic heterocycles. The molecule has 0 unspecified atom stereocenters. The number of aromatic carboxylic acids is 1. The first-order valence-electron chi connectivity index (χ1n) is 5.58. The number of carboxylic acid groups (broad SMARTS) is 1. The Labute approximate surface area is 99.6 Å². The molecule has 0 amide bonds. The van der Waals surface area contributed by atoms with Crippen LogP contribution in [0.25, 0.3) is 0 Å². The highest BCUT2D eigenvalue weighted by atomic mass is 16.4. The zero-order chi connectivity index (χ0) is 12.4. The lowest BCUT2D eigenvalue weighted by Gasteiger charge is -2.15. The average molecular weight is 233 g/mol. The summed E-state index contributed by atoms with van der Waals surface area (Å²) >= 11 is 0. The van der Waals surface area contributed by atoms with Crippen LogP contribution in [0.1, 0.15) is 34.5 Å². The molecule has 0 saturated heterocycles. The van der Waals surface area contributed by atoms with E-state index in [9.17, 15) is 9.90 Å². The first-order valence-corrected chi connectivity index (χ1v) is 5.58. The van der Waals surface area contributed by atoms with Gasteiger partial charge in [0.05, 0.1) is 5.69 Å². The van der Waals surface area contributed by atoms with E-state index < -0.39 is 5.97 Å². The van der Waals surface area contributed by atoms with E-state index in [4.69, 9.17) is 0 Å². The quantitative estimate of drug-likeness (QED) is 0.780. The fourth-order valence-electron chi connectivity index (χ4n) is 1.90. The molecule has 1 aromatic rings. The second kappa shape index (κ2) is 4.53. The predicted molar refractivity (Wildman–Crippen MR) is 64.3 cm³/mol. The molecule has 5 nitrogen and oxygen atoms in total. The summed E-state index contributed by atoms with van der Waals surface area (Å²) in [6.45, 7) is 3.52. The number of carbonyl (C=O) groups is 1. The lowest BCUT2D eigenvalue weighted by Crippen LogP contribution is -2.20. The Morgan fingerprint density at radius 3 is 2.59 bits per heavy atom. The maximum atomic E-state index is 11.2. The van der Waals surface area contributed by atoms with E-state index in [0.29, 0.717) is 17.1 Å². The minimum atomic E-state index is -0.964. The molecule has 1 aromatic heterocycles. The van der Waals surface area contributed by atoms with Gasteiger partial charge in [-0.05, 0) is 32.3 Å². The summed E-state index contributed by atoms with van der Waals surface area (Å²) in [4.78, 5) is 11.2. The highest BCUT2D eigenvalue weighted by Gasteiger charge is 2.20. The van der Waals surface area contributed by atoms with Gasteiger partial charge in [-0.3, -0.25) is 0 Å². The van der Waals surface area contributed by atoms with E-state index in [2.05, 4.69) is 27.7 Å².